The van der Waals surface area contributed by atoms with Gasteiger partial charge in [-0.05, 0) is 49.3 Å². The lowest BCUT2D eigenvalue weighted by Crippen LogP contribution is -2.45. The SMILES string of the molecule is CCOc1ccc(CN2C(=S)NC(c3ccccc3)C(c3nc(-c4ccccc4)no3)=C2C)cc1. The summed E-state index contributed by atoms with van der Waals surface area (Å²) in [6, 6.07) is 27.9. The van der Waals surface area contributed by atoms with E-state index in [0.717, 1.165) is 33.7 Å². The van der Waals surface area contributed by atoms with E-state index >= 15 is 0 Å². The van der Waals surface area contributed by atoms with Crippen LogP contribution in [-0.4, -0.2) is 26.8 Å². The van der Waals surface area contributed by atoms with Crippen LogP contribution in [0.1, 0.15) is 36.9 Å². The highest BCUT2D eigenvalue weighted by Crippen LogP contribution is 2.38. The van der Waals surface area contributed by atoms with Crippen LogP contribution in [0.25, 0.3) is 17.0 Å². The van der Waals surface area contributed by atoms with Crippen LogP contribution in [0.15, 0.2) is 95.1 Å². The molecule has 1 aliphatic rings. The number of ether oxygens (including phenoxy) is 1. The highest BCUT2D eigenvalue weighted by atomic mass is 32.1. The van der Waals surface area contributed by atoms with Gasteiger partial charge in [-0.25, -0.2) is 0 Å². The van der Waals surface area contributed by atoms with Gasteiger partial charge in [-0.1, -0.05) is 78.0 Å². The number of hydrogen-bond acceptors (Lipinski definition) is 5. The maximum atomic E-state index is 5.82. The highest BCUT2D eigenvalue weighted by molar-refractivity contribution is 7.80. The number of nitrogens with one attached hydrogen (secondary N) is 1. The molecular formula is C28H26N4O2S. The van der Waals surface area contributed by atoms with Gasteiger partial charge in [0.25, 0.3) is 5.89 Å². The van der Waals surface area contributed by atoms with E-state index in [1.165, 1.54) is 0 Å². The van der Waals surface area contributed by atoms with Crippen LogP contribution >= 0.6 is 12.2 Å². The number of aromatic nitrogens is 2. The van der Waals surface area contributed by atoms with Crippen LogP contribution in [0.4, 0.5) is 0 Å². The maximum Gasteiger partial charge on any atom is 0.258 e. The first-order valence-corrected chi connectivity index (χ1v) is 12.0. The predicted octanol–water partition coefficient (Wildman–Crippen LogP) is 6.00. The molecule has 1 unspecified atom stereocenters. The van der Waals surface area contributed by atoms with Gasteiger partial charge in [0.15, 0.2) is 5.11 Å². The van der Waals surface area contributed by atoms with Crippen LogP contribution in [0.3, 0.4) is 0 Å². The van der Waals surface area contributed by atoms with Gasteiger partial charge >= 0.3 is 0 Å². The minimum Gasteiger partial charge on any atom is -0.494 e. The van der Waals surface area contributed by atoms with Crippen LogP contribution < -0.4 is 10.1 Å². The maximum absolute atomic E-state index is 5.82. The summed E-state index contributed by atoms with van der Waals surface area (Å²) < 4.78 is 11.4. The Morgan fingerprint density at radius 3 is 2.34 bits per heavy atom. The molecule has 3 aromatic carbocycles. The second kappa shape index (κ2) is 10.1. The van der Waals surface area contributed by atoms with Gasteiger partial charge in [0, 0.05) is 17.8 Å². The Morgan fingerprint density at radius 1 is 0.971 bits per heavy atom. The Hall–Kier alpha value is -3.97. The zero-order chi connectivity index (χ0) is 24.2. The molecular weight excluding hydrogens is 456 g/mol. The molecule has 0 fully saturated rings. The van der Waals surface area contributed by atoms with Gasteiger partial charge in [0.2, 0.25) is 5.82 Å². The third kappa shape index (κ3) is 4.81. The number of allylic oxidation sites excluding steroid dienone is 1. The van der Waals surface area contributed by atoms with Gasteiger partial charge < -0.3 is 19.5 Å². The van der Waals surface area contributed by atoms with Crippen molar-refractivity contribution in [2.24, 2.45) is 0 Å². The summed E-state index contributed by atoms with van der Waals surface area (Å²) in [5.74, 6) is 1.88. The van der Waals surface area contributed by atoms with Gasteiger partial charge in [0.1, 0.15) is 5.75 Å². The summed E-state index contributed by atoms with van der Waals surface area (Å²) in [6.07, 6.45) is 0. The van der Waals surface area contributed by atoms with Crippen molar-refractivity contribution >= 4 is 22.9 Å². The molecule has 5 rings (SSSR count). The summed E-state index contributed by atoms with van der Waals surface area (Å²) in [5, 5.41) is 8.43. The Kier molecular flexibility index (Phi) is 6.59. The molecule has 0 saturated carbocycles. The lowest BCUT2D eigenvalue weighted by Gasteiger charge is -2.37. The average molecular weight is 483 g/mol. The van der Waals surface area contributed by atoms with Crippen molar-refractivity contribution < 1.29 is 9.26 Å². The molecule has 0 spiro atoms. The minimum atomic E-state index is -0.204. The normalized spacial score (nSPS) is 15.8. The van der Waals surface area contributed by atoms with Gasteiger partial charge in [-0.3, -0.25) is 0 Å². The minimum absolute atomic E-state index is 0.204. The Morgan fingerprint density at radius 2 is 1.66 bits per heavy atom. The van der Waals surface area contributed by atoms with Crippen LogP contribution in [-0.2, 0) is 6.54 Å². The fourth-order valence-corrected chi connectivity index (χ4v) is 4.54. The van der Waals surface area contributed by atoms with E-state index in [-0.39, 0.29) is 6.04 Å². The first kappa shape index (κ1) is 22.8. The number of benzene rings is 3. The fourth-order valence-electron chi connectivity index (χ4n) is 4.22. The molecule has 6 nitrogen and oxygen atoms in total. The summed E-state index contributed by atoms with van der Waals surface area (Å²) in [6.45, 7) is 5.28. The van der Waals surface area contributed by atoms with Crippen LogP contribution in [0, 0.1) is 0 Å². The van der Waals surface area contributed by atoms with Crippen molar-refractivity contribution in [2.75, 3.05) is 6.61 Å². The molecule has 0 amide bonds. The molecule has 176 valence electrons. The van der Waals surface area contributed by atoms with Crippen molar-refractivity contribution in [2.45, 2.75) is 26.4 Å². The standard InChI is InChI=1S/C28H26N4O2S/c1-3-33-23-16-14-20(15-17-23)18-32-19(2)24(25(29-28(32)35)21-10-6-4-7-11-21)27-30-26(31-34-27)22-12-8-5-9-13-22/h4-17,25H,3,18H2,1-2H3,(H,29,35). The average Bonchev–Trinajstić information content (AvgIpc) is 3.38. The molecule has 1 N–H and O–H groups in total. The lowest BCUT2D eigenvalue weighted by atomic mass is 9.94. The first-order valence-electron chi connectivity index (χ1n) is 11.6. The van der Waals surface area contributed by atoms with E-state index in [4.69, 9.17) is 26.5 Å². The van der Waals surface area contributed by atoms with Gasteiger partial charge in [-0.2, -0.15) is 4.98 Å². The van der Waals surface area contributed by atoms with Crippen LogP contribution in [0.5, 0.6) is 5.75 Å². The zero-order valence-electron chi connectivity index (χ0n) is 19.6. The number of thiocarbonyl (C=S) groups is 1. The van der Waals surface area contributed by atoms with E-state index in [1.54, 1.807) is 0 Å². The summed E-state index contributed by atoms with van der Waals surface area (Å²) in [7, 11) is 0. The molecule has 4 aromatic rings. The van der Waals surface area contributed by atoms with E-state index in [0.29, 0.717) is 30.0 Å². The molecule has 0 saturated heterocycles. The number of rotatable bonds is 7. The quantitative estimate of drug-likeness (QED) is 0.324. The van der Waals surface area contributed by atoms with Crippen molar-refractivity contribution in [1.82, 2.24) is 20.4 Å². The fraction of sp³-hybridized carbons (Fsp3) is 0.179. The molecule has 7 heteroatoms. The van der Waals surface area contributed by atoms with Crippen molar-refractivity contribution in [3.05, 3.63) is 108 Å². The Balaban J connectivity index is 1.54. The molecule has 1 aromatic heterocycles. The van der Waals surface area contributed by atoms with Crippen molar-refractivity contribution in [3.63, 3.8) is 0 Å². The molecule has 0 bridgehead atoms. The second-order valence-corrected chi connectivity index (χ2v) is 8.63. The number of hydrogen-bond donors (Lipinski definition) is 1. The predicted molar refractivity (Wildman–Crippen MR) is 140 cm³/mol. The molecule has 0 radical (unpaired) electrons. The molecule has 2 heterocycles. The third-order valence-corrected chi connectivity index (χ3v) is 6.33. The number of nitrogens with zero attached hydrogens (tertiary/aromatic N) is 3. The van der Waals surface area contributed by atoms with E-state index in [9.17, 15) is 0 Å². The van der Waals surface area contributed by atoms with Crippen molar-refractivity contribution in [1.29, 1.82) is 0 Å². The summed E-state index contributed by atoms with van der Waals surface area (Å²) in [5.41, 5.74) is 4.97. The monoisotopic (exact) mass is 482 g/mol. The second-order valence-electron chi connectivity index (χ2n) is 8.24. The lowest BCUT2D eigenvalue weighted by molar-refractivity contribution is 0.340. The van der Waals surface area contributed by atoms with Crippen molar-refractivity contribution in [3.8, 4) is 17.1 Å². The molecule has 1 aliphatic heterocycles. The topological polar surface area (TPSA) is 63.4 Å². The molecule has 0 aliphatic carbocycles. The molecule has 35 heavy (non-hydrogen) atoms. The van der Waals surface area contributed by atoms with Crippen LogP contribution in [0.2, 0.25) is 0 Å². The Bertz CT molecular complexity index is 1330. The third-order valence-electron chi connectivity index (χ3n) is 5.99. The van der Waals surface area contributed by atoms with E-state index in [2.05, 4.69) is 46.6 Å². The molecule has 1 atom stereocenters. The first-order chi connectivity index (χ1) is 17.1. The summed E-state index contributed by atoms with van der Waals surface area (Å²) >= 11 is 5.82. The zero-order valence-corrected chi connectivity index (χ0v) is 20.5. The van der Waals surface area contributed by atoms with E-state index in [1.807, 2.05) is 67.6 Å². The smallest absolute Gasteiger partial charge is 0.258 e. The van der Waals surface area contributed by atoms with Gasteiger partial charge in [-0.15, -0.1) is 0 Å². The Labute approximate surface area is 210 Å². The van der Waals surface area contributed by atoms with E-state index < -0.39 is 0 Å². The summed E-state index contributed by atoms with van der Waals surface area (Å²) in [4.78, 5) is 6.84. The van der Waals surface area contributed by atoms with Gasteiger partial charge in [0.05, 0.1) is 18.2 Å². The largest absolute Gasteiger partial charge is 0.494 e. The highest BCUT2D eigenvalue weighted by Gasteiger charge is 2.34.